The summed E-state index contributed by atoms with van der Waals surface area (Å²) in [5.74, 6) is 0.851. The number of ether oxygens (including phenoxy) is 1. The van der Waals surface area contributed by atoms with Gasteiger partial charge >= 0.3 is 0 Å². The molecule has 6 heteroatoms. The number of hydrogen-bond acceptors (Lipinski definition) is 4. The summed E-state index contributed by atoms with van der Waals surface area (Å²) >= 11 is 0. The Labute approximate surface area is 159 Å². The van der Waals surface area contributed by atoms with E-state index in [1.807, 2.05) is 0 Å². The lowest BCUT2D eigenvalue weighted by Gasteiger charge is -2.43. The molecule has 1 atom stereocenters. The van der Waals surface area contributed by atoms with E-state index < -0.39 is 0 Å². The molecule has 1 heterocycles. The first-order valence-corrected chi connectivity index (χ1v) is 9.15. The van der Waals surface area contributed by atoms with Gasteiger partial charge in [0.05, 0.1) is 0 Å². The molecule has 2 aromatic rings. The molecule has 0 radical (unpaired) electrons. The maximum Gasteiger partial charge on any atom is 0.243 e. The highest BCUT2D eigenvalue weighted by Crippen LogP contribution is 2.24. The van der Waals surface area contributed by atoms with Crippen molar-refractivity contribution in [2.24, 2.45) is 0 Å². The van der Waals surface area contributed by atoms with E-state index in [4.69, 9.17) is 4.74 Å². The Balaban J connectivity index is 1.63. The molecule has 1 fully saturated rings. The van der Waals surface area contributed by atoms with Crippen LogP contribution in [0.4, 0.5) is 10.1 Å². The Bertz CT molecular complexity index is 770. The monoisotopic (exact) mass is 371 g/mol. The second-order valence-corrected chi connectivity index (χ2v) is 7.65. The maximum atomic E-state index is 13.0. The van der Waals surface area contributed by atoms with E-state index in [-0.39, 0.29) is 23.3 Å². The summed E-state index contributed by atoms with van der Waals surface area (Å²) in [7, 11) is 0. The van der Waals surface area contributed by atoms with Crippen LogP contribution in [-0.2, 0) is 4.79 Å². The number of piperazine rings is 1. The van der Waals surface area contributed by atoms with Gasteiger partial charge in [-0.1, -0.05) is 0 Å². The van der Waals surface area contributed by atoms with Crippen molar-refractivity contribution in [2.45, 2.75) is 32.4 Å². The summed E-state index contributed by atoms with van der Waals surface area (Å²) < 4.78 is 18.6. The van der Waals surface area contributed by atoms with Crippen LogP contribution in [0.25, 0.3) is 0 Å². The summed E-state index contributed by atoms with van der Waals surface area (Å²) in [6.07, 6.45) is 0. The van der Waals surface area contributed by atoms with E-state index >= 15 is 0 Å². The van der Waals surface area contributed by atoms with Crippen molar-refractivity contribution >= 4 is 11.6 Å². The van der Waals surface area contributed by atoms with E-state index in [9.17, 15) is 9.18 Å². The van der Waals surface area contributed by atoms with Crippen molar-refractivity contribution < 1.29 is 13.9 Å². The summed E-state index contributed by atoms with van der Waals surface area (Å²) in [5.41, 5.74) is 0.641. The van der Waals surface area contributed by atoms with Crippen LogP contribution in [-0.4, -0.2) is 42.0 Å². The van der Waals surface area contributed by atoms with Crippen LogP contribution in [0, 0.1) is 5.82 Å². The van der Waals surface area contributed by atoms with E-state index in [1.54, 1.807) is 36.4 Å². The fraction of sp³-hybridized carbons (Fsp3) is 0.381. The Morgan fingerprint density at radius 3 is 2.30 bits per heavy atom. The molecular weight excluding hydrogens is 345 g/mol. The first-order valence-electron chi connectivity index (χ1n) is 9.15. The van der Waals surface area contributed by atoms with Crippen molar-refractivity contribution in [1.82, 2.24) is 10.2 Å². The molecule has 1 saturated heterocycles. The highest BCUT2D eigenvalue weighted by atomic mass is 19.1. The first-order chi connectivity index (χ1) is 12.8. The minimum Gasteiger partial charge on any atom is -0.457 e. The Morgan fingerprint density at radius 1 is 1.11 bits per heavy atom. The van der Waals surface area contributed by atoms with Crippen LogP contribution in [0.5, 0.6) is 11.5 Å². The van der Waals surface area contributed by atoms with Gasteiger partial charge < -0.3 is 15.4 Å². The third-order valence-electron chi connectivity index (χ3n) is 4.58. The number of anilines is 1. The molecule has 144 valence electrons. The van der Waals surface area contributed by atoms with E-state index in [2.05, 4.69) is 36.3 Å². The average Bonchev–Trinajstić information content (AvgIpc) is 2.64. The molecule has 0 bridgehead atoms. The zero-order valence-corrected chi connectivity index (χ0v) is 16.0. The number of rotatable bonds is 4. The Morgan fingerprint density at radius 2 is 1.70 bits per heavy atom. The number of nitrogens with zero attached hydrogens (tertiary/aromatic N) is 1. The van der Waals surface area contributed by atoms with Crippen LogP contribution in [0.3, 0.4) is 0 Å². The SMILES string of the molecule is CC(C)(C)N1CCNCC1C(=O)Nc1ccc(Oc2ccc(F)cc2)cc1. The number of amides is 1. The molecule has 1 unspecified atom stereocenters. The van der Waals surface area contributed by atoms with Gasteiger partial charge in [0.15, 0.2) is 0 Å². The van der Waals surface area contributed by atoms with Gasteiger partial charge in [-0.2, -0.15) is 0 Å². The maximum absolute atomic E-state index is 13.0. The molecule has 3 rings (SSSR count). The molecule has 0 aliphatic carbocycles. The third-order valence-corrected chi connectivity index (χ3v) is 4.58. The molecule has 1 aliphatic rings. The van der Waals surface area contributed by atoms with E-state index in [1.165, 1.54) is 12.1 Å². The Hall–Kier alpha value is -2.44. The number of halogens is 1. The largest absolute Gasteiger partial charge is 0.457 e. The minimum atomic E-state index is -0.304. The fourth-order valence-corrected chi connectivity index (χ4v) is 3.21. The van der Waals surface area contributed by atoms with Gasteiger partial charge in [-0.25, -0.2) is 4.39 Å². The molecule has 5 nitrogen and oxygen atoms in total. The Kier molecular flexibility index (Phi) is 5.77. The molecule has 0 spiro atoms. The van der Waals surface area contributed by atoms with Crippen LogP contribution in [0.2, 0.25) is 0 Å². The van der Waals surface area contributed by atoms with Crippen LogP contribution < -0.4 is 15.4 Å². The van der Waals surface area contributed by atoms with Gasteiger partial charge in [0, 0.05) is 30.9 Å². The first kappa shape index (κ1) is 19.3. The van der Waals surface area contributed by atoms with Crippen LogP contribution >= 0.6 is 0 Å². The van der Waals surface area contributed by atoms with Crippen molar-refractivity contribution in [2.75, 3.05) is 25.0 Å². The lowest BCUT2D eigenvalue weighted by atomic mass is 10.0. The van der Waals surface area contributed by atoms with Crippen LogP contribution in [0.15, 0.2) is 48.5 Å². The topological polar surface area (TPSA) is 53.6 Å². The second kappa shape index (κ2) is 8.06. The number of carbonyl (C=O) groups is 1. The van der Waals surface area contributed by atoms with Crippen molar-refractivity contribution in [3.8, 4) is 11.5 Å². The standard InChI is InChI=1S/C21H26FN3O2/c1-21(2,3)25-13-12-23-14-19(25)20(26)24-16-6-10-18(11-7-16)27-17-8-4-15(22)5-9-17/h4-11,19,23H,12-14H2,1-3H3,(H,24,26). The zero-order chi connectivity index (χ0) is 19.4. The molecule has 1 amide bonds. The van der Waals surface area contributed by atoms with Crippen LogP contribution in [0.1, 0.15) is 20.8 Å². The number of nitrogens with one attached hydrogen (secondary N) is 2. The molecule has 2 N–H and O–H groups in total. The van der Waals surface area contributed by atoms with E-state index in [0.29, 0.717) is 23.7 Å². The third kappa shape index (κ3) is 5.05. The van der Waals surface area contributed by atoms with Crippen molar-refractivity contribution in [3.63, 3.8) is 0 Å². The highest BCUT2D eigenvalue weighted by molar-refractivity contribution is 5.95. The quantitative estimate of drug-likeness (QED) is 0.862. The van der Waals surface area contributed by atoms with Gasteiger partial charge in [0.2, 0.25) is 5.91 Å². The van der Waals surface area contributed by atoms with Crippen molar-refractivity contribution in [1.29, 1.82) is 0 Å². The fourth-order valence-electron chi connectivity index (χ4n) is 3.21. The summed E-state index contributed by atoms with van der Waals surface area (Å²) in [4.78, 5) is 15.0. The van der Waals surface area contributed by atoms with Gasteiger partial charge in [-0.05, 0) is 69.3 Å². The smallest absolute Gasteiger partial charge is 0.243 e. The highest BCUT2D eigenvalue weighted by Gasteiger charge is 2.35. The normalized spacial score (nSPS) is 18.1. The number of carbonyl (C=O) groups excluding carboxylic acids is 1. The van der Waals surface area contributed by atoms with E-state index in [0.717, 1.165) is 13.1 Å². The summed E-state index contributed by atoms with van der Waals surface area (Å²) in [6.45, 7) is 8.73. The van der Waals surface area contributed by atoms with Crippen molar-refractivity contribution in [3.05, 3.63) is 54.3 Å². The summed E-state index contributed by atoms with van der Waals surface area (Å²) in [6, 6.07) is 12.8. The lowest BCUT2D eigenvalue weighted by Crippen LogP contribution is -2.62. The molecule has 27 heavy (non-hydrogen) atoms. The predicted octanol–water partition coefficient (Wildman–Crippen LogP) is 3.63. The lowest BCUT2D eigenvalue weighted by molar-refractivity contribution is -0.124. The average molecular weight is 371 g/mol. The molecule has 2 aromatic carbocycles. The summed E-state index contributed by atoms with van der Waals surface area (Å²) in [5, 5.41) is 6.28. The zero-order valence-electron chi connectivity index (χ0n) is 16.0. The van der Waals surface area contributed by atoms with Gasteiger partial charge in [-0.15, -0.1) is 0 Å². The van der Waals surface area contributed by atoms with Gasteiger partial charge in [0.1, 0.15) is 23.4 Å². The molecule has 1 aliphatic heterocycles. The molecule has 0 aromatic heterocycles. The minimum absolute atomic E-state index is 0.0238. The number of benzene rings is 2. The number of hydrogen-bond donors (Lipinski definition) is 2. The van der Waals surface area contributed by atoms with Gasteiger partial charge in [0.25, 0.3) is 0 Å². The van der Waals surface area contributed by atoms with Gasteiger partial charge in [-0.3, -0.25) is 9.69 Å². The molecule has 0 saturated carbocycles. The predicted molar refractivity (Wildman–Crippen MR) is 105 cm³/mol. The second-order valence-electron chi connectivity index (χ2n) is 7.65. The molecular formula is C21H26FN3O2.